The lowest BCUT2D eigenvalue weighted by Crippen LogP contribution is -2.55. The molecule has 0 heterocycles. The van der Waals surface area contributed by atoms with E-state index >= 15 is 0 Å². The molecule has 0 radical (unpaired) electrons. The summed E-state index contributed by atoms with van der Waals surface area (Å²) in [4.78, 5) is 10.7. The van der Waals surface area contributed by atoms with Crippen LogP contribution in [-0.4, -0.2) is 49.4 Å². The number of likely N-dealkylation sites (N-methyl/N-ethyl adjacent to an activating group) is 1. The Bertz CT molecular complexity index is 341. The van der Waals surface area contributed by atoms with Crippen LogP contribution < -0.4 is 6.15 Å². The number of hydrogen-bond donors (Lipinski definition) is 2. The Morgan fingerprint density at radius 2 is 1.88 bits per heavy atom. The Hall–Kier alpha value is -0.700. The Morgan fingerprint density at radius 3 is 2.18 bits per heavy atom. The average Bonchev–Trinajstić information content (AvgIpc) is 2.14. The second-order valence-electron chi connectivity index (χ2n) is 3.84. The first kappa shape index (κ1) is 18.7. The van der Waals surface area contributed by atoms with Gasteiger partial charge in [-0.3, -0.25) is 9.45 Å². The van der Waals surface area contributed by atoms with Crippen molar-refractivity contribution < 1.29 is 22.5 Å². The van der Waals surface area contributed by atoms with Crippen LogP contribution in [0.25, 0.3) is 0 Å². The third-order valence-electron chi connectivity index (χ3n) is 2.47. The molecule has 0 spiro atoms. The zero-order valence-electron chi connectivity index (χ0n) is 10.8. The summed E-state index contributed by atoms with van der Waals surface area (Å²) < 4.78 is 36.2. The van der Waals surface area contributed by atoms with Gasteiger partial charge in [0, 0.05) is 0 Å². The van der Waals surface area contributed by atoms with Crippen molar-refractivity contribution in [3.63, 3.8) is 0 Å². The Balaban J connectivity index is 0. The normalized spacial score (nSPS) is 14.9. The molecule has 4 N–H and O–H groups in total. The molecule has 17 heavy (non-hydrogen) atoms. The van der Waals surface area contributed by atoms with Crippen LogP contribution in [0, 0.1) is 0 Å². The summed E-state index contributed by atoms with van der Waals surface area (Å²) in [5.41, 5.74) is 0. The number of nitrogens with zero attached hydrogens (tertiary/aromatic N) is 1. The van der Waals surface area contributed by atoms with Gasteiger partial charge in [-0.2, -0.15) is 8.42 Å². The highest BCUT2D eigenvalue weighted by molar-refractivity contribution is 7.88. The number of hydrogen-bond acceptors (Lipinski definition) is 6. The number of carbonyl (C=O) groups is 1. The van der Waals surface area contributed by atoms with Crippen LogP contribution in [0.4, 0.5) is 0 Å². The van der Waals surface area contributed by atoms with E-state index in [1.165, 1.54) is 14.1 Å². The van der Waals surface area contributed by atoms with Crippen LogP contribution in [0.15, 0.2) is 0 Å². The molecule has 0 aliphatic heterocycles. The lowest BCUT2D eigenvalue weighted by Gasteiger charge is -2.30. The molecular weight excluding hydrogens is 248 g/mol. The van der Waals surface area contributed by atoms with Gasteiger partial charge in [0.1, 0.15) is 0 Å². The molecule has 0 saturated heterocycles. The molecule has 0 bridgehead atoms. The van der Waals surface area contributed by atoms with Gasteiger partial charge < -0.3 is 10.9 Å². The predicted molar refractivity (Wildman–Crippen MR) is 64.5 cm³/mol. The van der Waals surface area contributed by atoms with Crippen molar-refractivity contribution in [1.82, 2.24) is 11.1 Å². The lowest BCUT2D eigenvalue weighted by atomic mass is 10.3. The minimum Gasteiger partial charge on any atom is -0.463 e. The van der Waals surface area contributed by atoms with Crippen molar-refractivity contribution in [2.75, 3.05) is 20.7 Å². The fourth-order valence-electron chi connectivity index (χ4n) is 0.962. The average molecular weight is 270 g/mol. The first-order chi connectivity index (χ1) is 7.17. The van der Waals surface area contributed by atoms with E-state index in [0.29, 0.717) is 6.42 Å². The molecule has 104 valence electrons. The Labute approximate surface area is 102 Å². The number of carbonyl (C=O) groups excluding carboxylic acids is 1. The molecule has 8 heteroatoms. The molecule has 1 atom stereocenters. The van der Waals surface area contributed by atoms with Crippen molar-refractivity contribution in [3.05, 3.63) is 0 Å². The van der Waals surface area contributed by atoms with Crippen LogP contribution >= 0.6 is 0 Å². The van der Waals surface area contributed by atoms with Crippen LogP contribution in [0.5, 0.6) is 0 Å². The van der Waals surface area contributed by atoms with E-state index in [0.717, 1.165) is 18.2 Å². The van der Waals surface area contributed by atoms with Crippen molar-refractivity contribution in [2.45, 2.75) is 31.6 Å². The SMILES string of the molecule is CCCCOC(=O)C(C)(N(C)C)S(=O)(=O)O.N. The maximum absolute atomic E-state index is 11.6. The summed E-state index contributed by atoms with van der Waals surface area (Å²) in [5, 5.41) is 0. The fourth-order valence-corrected chi connectivity index (χ4v) is 1.69. The zero-order valence-corrected chi connectivity index (χ0v) is 11.6. The second kappa shape index (κ2) is 6.90. The van der Waals surface area contributed by atoms with Gasteiger partial charge in [0.25, 0.3) is 10.1 Å². The fraction of sp³-hybridized carbons (Fsp3) is 0.889. The number of esters is 1. The lowest BCUT2D eigenvalue weighted by molar-refractivity contribution is -0.151. The first-order valence-corrected chi connectivity index (χ1v) is 6.43. The van der Waals surface area contributed by atoms with Crippen LogP contribution in [0.2, 0.25) is 0 Å². The summed E-state index contributed by atoms with van der Waals surface area (Å²) in [6.45, 7) is 3.17. The van der Waals surface area contributed by atoms with E-state index < -0.39 is 21.0 Å². The molecule has 0 amide bonds. The van der Waals surface area contributed by atoms with Crippen molar-refractivity contribution in [1.29, 1.82) is 0 Å². The minimum absolute atomic E-state index is 0. The van der Waals surface area contributed by atoms with Gasteiger partial charge in [-0.25, -0.2) is 4.79 Å². The van der Waals surface area contributed by atoms with Gasteiger partial charge in [-0.15, -0.1) is 0 Å². The maximum atomic E-state index is 11.6. The third kappa shape index (κ3) is 4.23. The number of ether oxygens (including phenoxy) is 1. The molecule has 0 aromatic carbocycles. The summed E-state index contributed by atoms with van der Waals surface area (Å²) >= 11 is 0. The molecule has 0 aliphatic rings. The number of rotatable bonds is 6. The van der Waals surface area contributed by atoms with E-state index in [-0.39, 0.29) is 12.8 Å². The van der Waals surface area contributed by atoms with Gasteiger partial charge in [-0.1, -0.05) is 13.3 Å². The molecular formula is C9H22N2O5S. The molecule has 0 fully saturated rings. The zero-order chi connectivity index (χ0) is 13.0. The van der Waals surface area contributed by atoms with Crippen LogP contribution in [0.1, 0.15) is 26.7 Å². The standard InChI is InChI=1S/C9H19NO5S.H3N/c1-5-6-7-15-8(11)9(2,10(3)4)16(12,13)14;/h5-7H2,1-4H3,(H,12,13,14);1H3. The van der Waals surface area contributed by atoms with Gasteiger partial charge in [0.05, 0.1) is 6.61 Å². The van der Waals surface area contributed by atoms with Gasteiger partial charge in [0.2, 0.25) is 4.87 Å². The molecule has 0 rings (SSSR count). The van der Waals surface area contributed by atoms with Crippen molar-refractivity contribution in [3.8, 4) is 0 Å². The topological polar surface area (TPSA) is 119 Å². The molecule has 0 aliphatic carbocycles. The third-order valence-corrected chi connectivity index (χ3v) is 4.00. The summed E-state index contributed by atoms with van der Waals surface area (Å²) in [7, 11) is -1.78. The van der Waals surface area contributed by atoms with Crippen molar-refractivity contribution in [2.24, 2.45) is 0 Å². The minimum atomic E-state index is -4.55. The molecule has 0 aromatic rings. The van der Waals surface area contributed by atoms with Gasteiger partial charge in [0.15, 0.2) is 0 Å². The molecule has 0 aromatic heterocycles. The quantitative estimate of drug-likeness (QED) is 0.413. The van der Waals surface area contributed by atoms with Gasteiger partial charge >= 0.3 is 5.97 Å². The smallest absolute Gasteiger partial charge is 0.344 e. The van der Waals surface area contributed by atoms with Crippen LogP contribution in [-0.2, 0) is 19.6 Å². The Morgan fingerprint density at radius 1 is 1.41 bits per heavy atom. The van der Waals surface area contributed by atoms with Crippen LogP contribution in [0.3, 0.4) is 0 Å². The van der Waals surface area contributed by atoms with E-state index in [2.05, 4.69) is 0 Å². The highest BCUT2D eigenvalue weighted by Crippen LogP contribution is 2.20. The van der Waals surface area contributed by atoms with E-state index in [9.17, 15) is 13.2 Å². The largest absolute Gasteiger partial charge is 0.463 e. The monoisotopic (exact) mass is 270 g/mol. The molecule has 7 nitrogen and oxygen atoms in total. The maximum Gasteiger partial charge on any atom is 0.344 e. The van der Waals surface area contributed by atoms with Gasteiger partial charge in [-0.05, 0) is 27.4 Å². The summed E-state index contributed by atoms with van der Waals surface area (Å²) in [6, 6.07) is 0. The number of unbranched alkanes of at least 4 members (excludes halogenated alkanes) is 1. The second-order valence-corrected chi connectivity index (χ2v) is 5.59. The predicted octanol–water partition coefficient (Wildman–Crippen LogP) is 0.657. The highest BCUT2D eigenvalue weighted by atomic mass is 32.2. The molecule has 1 unspecified atom stereocenters. The van der Waals surface area contributed by atoms with Crippen molar-refractivity contribution >= 4 is 16.1 Å². The highest BCUT2D eigenvalue weighted by Gasteiger charge is 2.49. The first-order valence-electron chi connectivity index (χ1n) is 4.99. The summed E-state index contributed by atoms with van der Waals surface area (Å²) in [5.74, 6) is -0.964. The summed E-state index contributed by atoms with van der Waals surface area (Å²) in [6.07, 6.45) is 1.48. The van der Waals surface area contributed by atoms with E-state index in [1.807, 2.05) is 6.92 Å². The molecule has 0 saturated carbocycles. The van der Waals surface area contributed by atoms with E-state index in [4.69, 9.17) is 9.29 Å². The van der Waals surface area contributed by atoms with E-state index in [1.54, 1.807) is 0 Å². The Kier molecular flexibility index (Phi) is 7.57.